The van der Waals surface area contributed by atoms with Crippen molar-refractivity contribution in [2.75, 3.05) is 11.4 Å². The molecule has 0 aliphatic carbocycles. The van der Waals surface area contributed by atoms with Gasteiger partial charge in [0.1, 0.15) is 5.01 Å². The molecule has 0 radical (unpaired) electrons. The molecule has 0 spiro atoms. The fraction of sp³-hybridized carbons (Fsp3) is 0.222. The molecule has 1 aromatic heterocycles. The van der Waals surface area contributed by atoms with Crippen molar-refractivity contribution in [1.82, 2.24) is 4.98 Å². The number of hydrogen-bond acceptors (Lipinski definition) is 5. The first-order chi connectivity index (χ1) is 16.2. The van der Waals surface area contributed by atoms with Gasteiger partial charge in [-0.25, -0.2) is 9.78 Å². The van der Waals surface area contributed by atoms with E-state index in [2.05, 4.69) is 6.07 Å². The van der Waals surface area contributed by atoms with Crippen molar-refractivity contribution < 1.29 is 14.3 Å². The Morgan fingerprint density at radius 2 is 1.79 bits per heavy atom. The standard InChI is InChI=1S/C27H24N2O3S/c1-2-23(26(30)29-17-9-11-18-10-3-7-15-22(18)29)32-27(31)20-13-5-4-12-19(20)25-28-21-14-6-8-16-24(21)33-25/h3-8,10,12-16,23H,2,9,11,17H2,1H3. The van der Waals surface area contributed by atoms with Crippen LogP contribution in [-0.4, -0.2) is 29.5 Å². The van der Waals surface area contributed by atoms with E-state index < -0.39 is 12.1 Å². The van der Waals surface area contributed by atoms with Gasteiger partial charge in [0.15, 0.2) is 6.10 Å². The maximum Gasteiger partial charge on any atom is 0.339 e. The van der Waals surface area contributed by atoms with Crippen molar-refractivity contribution in [1.29, 1.82) is 0 Å². The normalized spacial score (nSPS) is 14.0. The first-order valence-corrected chi connectivity index (χ1v) is 12.0. The maximum absolute atomic E-state index is 13.4. The van der Waals surface area contributed by atoms with Gasteiger partial charge in [-0.3, -0.25) is 4.79 Å². The first kappa shape index (κ1) is 21.3. The molecule has 0 N–H and O–H groups in total. The molecular formula is C27H24N2O3S. The molecule has 2 heterocycles. The second-order valence-electron chi connectivity index (χ2n) is 8.06. The Morgan fingerprint density at radius 1 is 1.03 bits per heavy atom. The lowest BCUT2D eigenvalue weighted by Gasteiger charge is -2.32. The Bertz CT molecular complexity index is 1300. The number of esters is 1. The SMILES string of the molecule is CCC(OC(=O)c1ccccc1-c1nc2ccccc2s1)C(=O)N1CCCc2ccccc21. The third-order valence-corrected chi connectivity index (χ3v) is 7.01. The predicted octanol–water partition coefficient (Wildman–Crippen LogP) is 5.88. The molecule has 33 heavy (non-hydrogen) atoms. The number of hydrogen-bond donors (Lipinski definition) is 0. The van der Waals surface area contributed by atoms with Gasteiger partial charge in [-0.05, 0) is 49.1 Å². The molecule has 0 fully saturated rings. The van der Waals surface area contributed by atoms with E-state index >= 15 is 0 Å². The van der Waals surface area contributed by atoms with E-state index in [-0.39, 0.29) is 5.91 Å². The van der Waals surface area contributed by atoms with Crippen LogP contribution in [0.4, 0.5) is 5.69 Å². The summed E-state index contributed by atoms with van der Waals surface area (Å²) in [6.07, 6.45) is 1.42. The Hall–Kier alpha value is -3.51. The Morgan fingerprint density at radius 3 is 2.64 bits per heavy atom. The quantitative estimate of drug-likeness (QED) is 0.352. The van der Waals surface area contributed by atoms with Crippen molar-refractivity contribution in [3.8, 4) is 10.6 Å². The number of carbonyl (C=O) groups is 2. The first-order valence-electron chi connectivity index (χ1n) is 11.2. The van der Waals surface area contributed by atoms with Crippen LogP contribution in [-0.2, 0) is 16.0 Å². The summed E-state index contributed by atoms with van der Waals surface area (Å²) >= 11 is 1.53. The monoisotopic (exact) mass is 456 g/mol. The summed E-state index contributed by atoms with van der Waals surface area (Å²) in [4.78, 5) is 33.1. The summed E-state index contributed by atoms with van der Waals surface area (Å²) in [6, 6.07) is 23.1. The summed E-state index contributed by atoms with van der Waals surface area (Å²) in [5, 5.41) is 0.757. The van der Waals surface area contributed by atoms with Crippen molar-refractivity contribution >= 4 is 39.1 Å². The minimum Gasteiger partial charge on any atom is -0.449 e. The van der Waals surface area contributed by atoms with Gasteiger partial charge in [0, 0.05) is 17.8 Å². The number of benzene rings is 3. The molecule has 1 amide bonds. The van der Waals surface area contributed by atoms with E-state index in [9.17, 15) is 9.59 Å². The summed E-state index contributed by atoms with van der Waals surface area (Å²) in [5.74, 6) is -0.675. The highest BCUT2D eigenvalue weighted by Crippen LogP contribution is 2.33. The number of thiazole rings is 1. The van der Waals surface area contributed by atoms with E-state index in [4.69, 9.17) is 9.72 Å². The predicted molar refractivity (Wildman–Crippen MR) is 132 cm³/mol. The van der Waals surface area contributed by atoms with E-state index in [0.717, 1.165) is 39.3 Å². The van der Waals surface area contributed by atoms with Crippen LogP contribution in [0.5, 0.6) is 0 Å². The lowest BCUT2D eigenvalue weighted by molar-refractivity contribution is -0.127. The number of amides is 1. The molecule has 0 saturated heterocycles. The van der Waals surface area contributed by atoms with E-state index in [1.807, 2.05) is 61.5 Å². The lowest BCUT2D eigenvalue weighted by Crippen LogP contribution is -2.43. The van der Waals surface area contributed by atoms with E-state index in [0.29, 0.717) is 24.1 Å². The number of ether oxygens (including phenoxy) is 1. The number of fused-ring (bicyclic) bond motifs is 2. The Labute approximate surface area is 196 Å². The van der Waals surface area contributed by atoms with Gasteiger partial charge < -0.3 is 9.64 Å². The Balaban J connectivity index is 1.41. The smallest absolute Gasteiger partial charge is 0.339 e. The highest BCUT2D eigenvalue weighted by Gasteiger charge is 2.31. The summed E-state index contributed by atoms with van der Waals surface area (Å²) in [5.41, 5.74) is 4.10. The van der Waals surface area contributed by atoms with Crippen molar-refractivity contribution in [3.05, 3.63) is 83.9 Å². The van der Waals surface area contributed by atoms with Crippen LogP contribution in [0.3, 0.4) is 0 Å². The lowest BCUT2D eigenvalue weighted by atomic mass is 10.0. The van der Waals surface area contributed by atoms with E-state index in [1.165, 1.54) is 11.3 Å². The number of nitrogens with zero attached hydrogens (tertiary/aromatic N) is 2. The van der Waals surface area contributed by atoms with Crippen molar-refractivity contribution in [2.24, 2.45) is 0 Å². The number of carbonyl (C=O) groups excluding carboxylic acids is 2. The average molecular weight is 457 g/mol. The maximum atomic E-state index is 13.4. The largest absolute Gasteiger partial charge is 0.449 e. The fourth-order valence-electron chi connectivity index (χ4n) is 4.27. The summed E-state index contributed by atoms with van der Waals surface area (Å²) in [7, 11) is 0. The Kier molecular flexibility index (Phi) is 5.92. The number of rotatable bonds is 5. The molecule has 5 nitrogen and oxygen atoms in total. The minimum atomic E-state index is -0.841. The van der Waals surface area contributed by atoms with Gasteiger partial charge in [0.25, 0.3) is 5.91 Å². The zero-order valence-corrected chi connectivity index (χ0v) is 19.2. The molecule has 0 bridgehead atoms. The molecule has 1 unspecified atom stereocenters. The van der Waals surface area contributed by atoms with Crippen LogP contribution in [0.1, 0.15) is 35.7 Å². The van der Waals surface area contributed by atoms with Gasteiger partial charge >= 0.3 is 5.97 Å². The number of para-hydroxylation sites is 2. The highest BCUT2D eigenvalue weighted by molar-refractivity contribution is 7.21. The minimum absolute atomic E-state index is 0.171. The van der Waals surface area contributed by atoms with Crippen LogP contribution in [0.15, 0.2) is 72.8 Å². The molecule has 1 aliphatic rings. The molecule has 3 aromatic carbocycles. The molecule has 1 atom stereocenters. The molecule has 166 valence electrons. The number of anilines is 1. The second-order valence-corrected chi connectivity index (χ2v) is 9.09. The molecule has 1 aliphatic heterocycles. The van der Waals surface area contributed by atoms with Gasteiger partial charge in [-0.1, -0.05) is 55.5 Å². The van der Waals surface area contributed by atoms with Gasteiger partial charge in [0.2, 0.25) is 0 Å². The number of aryl methyl sites for hydroxylation is 1. The third kappa shape index (κ3) is 4.14. The van der Waals surface area contributed by atoms with Crippen molar-refractivity contribution in [2.45, 2.75) is 32.3 Å². The zero-order chi connectivity index (χ0) is 22.8. The van der Waals surface area contributed by atoms with Crippen LogP contribution in [0.2, 0.25) is 0 Å². The van der Waals surface area contributed by atoms with Crippen LogP contribution < -0.4 is 4.90 Å². The molecule has 0 saturated carbocycles. The fourth-order valence-corrected chi connectivity index (χ4v) is 5.28. The number of aromatic nitrogens is 1. The topological polar surface area (TPSA) is 59.5 Å². The third-order valence-electron chi connectivity index (χ3n) is 5.94. The molecule has 6 heteroatoms. The zero-order valence-electron chi connectivity index (χ0n) is 18.4. The average Bonchev–Trinajstić information content (AvgIpc) is 3.30. The van der Waals surface area contributed by atoms with Crippen LogP contribution >= 0.6 is 11.3 Å². The van der Waals surface area contributed by atoms with Crippen LogP contribution in [0.25, 0.3) is 20.8 Å². The van der Waals surface area contributed by atoms with Crippen LogP contribution in [0, 0.1) is 0 Å². The summed E-state index contributed by atoms with van der Waals surface area (Å²) in [6.45, 7) is 2.50. The molecular weight excluding hydrogens is 432 g/mol. The second kappa shape index (κ2) is 9.16. The van der Waals surface area contributed by atoms with Crippen molar-refractivity contribution in [3.63, 3.8) is 0 Å². The highest BCUT2D eigenvalue weighted by atomic mass is 32.1. The summed E-state index contributed by atoms with van der Waals surface area (Å²) < 4.78 is 6.86. The van der Waals surface area contributed by atoms with Gasteiger partial charge in [-0.2, -0.15) is 0 Å². The van der Waals surface area contributed by atoms with E-state index in [1.54, 1.807) is 17.0 Å². The molecule has 4 aromatic rings. The van der Waals surface area contributed by atoms with Gasteiger partial charge in [-0.15, -0.1) is 11.3 Å². The molecule has 5 rings (SSSR count). The van der Waals surface area contributed by atoms with Gasteiger partial charge in [0.05, 0.1) is 15.8 Å².